The van der Waals surface area contributed by atoms with E-state index in [-0.39, 0.29) is 18.9 Å². The summed E-state index contributed by atoms with van der Waals surface area (Å²) in [6, 6.07) is 1.57. The number of nitrogens with zero attached hydrogens (tertiary/aromatic N) is 1. The predicted octanol–water partition coefficient (Wildman–Crippen LogP) is 1.38. The molecule has 0 aliphatic rings. The van der Waals surface area contributed by atoms with Crippen LogP contribution in [0.4, 0.5) is 0 Å². The van der Waals surface area contributed by atoms with E-state index in [1.807, 2.05) is 6.92 Å². The van der Waals surface area contributed by atoms with E-state index in [9.17, 15) is 9.59 Å². The number of carbonyl (C=O) groups excluding carboxylic acids is 1. The second-order valence-electron chi connectivity index (χ2n) is 4.00. The molecule has 1 rings (SSSR count). The van der Waals surface area contributed by atoms with Gasteiger partial charge in [-0.25, -0.2) is 0 Å². The van der Waals surface area contributed by atoms with Gasteiger partial charge in [-0.1, -0.05) is 11.6 Å². The van der Waals surface area contributed by atoms with E-state index in [1.54, 1.807) is 16.8 Å². The molecule has 1 heterocycles. The van der Waals surface area contributed by atoms with Gasteiger partial charge < -0.3 is 19.7 Å². The number of carboxylic acid groups (broad SMARTS) is 1. The van der Waals surface area contributed by atoms with Crippen molar-refractivity contribution in [3.8, 4) is 0 Å². The average molecular weight is 289 g/mol. The molecular formula is C12H17ClN2O4. The van der Waals surface area contributed by atoms with Crippen molar-refractivity contribution < 1.29 is 19.4 Å². The minimum absolute atomic E-state index is 0.133. The molecule has 0 fully saturated rings. The molecule has 7 heteroatoms. The molecule has 1 aromatic rings. The summed E-state index contributed by atoms with van der Waals surface area (Å²) < 4.78 is 6.70. The molecule has 0 aliphatic carbocycles. The quantitative estimate of drug-likeness (QED) is 0.794. The largest absolute Gasteiger partial charge is 0.481 e. The first kappa shape index (κ1) is 15.5. The zero-order chi connectivity index (χ0) is 14.4. The Morgan fingerprint density at radius 1 is 1.58 bits per heavy atom. The van der Waals surface area contributed by atoms with Crippen molar-refractivity contribution >= 4 is 23.5 Å². The second-order valence-corrected chi connectivity index (χ2v) is 4.43. The summed E-state index contributed by atoms with van der Waals surface area (Å²) in [6.07, 6.45) is 0.954. The van der Waals surface area contributed by atoms with E-state index in [4.69, 9.17) is 21.4 Å². The van der Waals surface area contributed by atoms with Gasteiger partial charge in [0.15, 0.2) is 0 Å². The molecule has 0 aliphatic heterocycles. The normalized spacial score (nSPS) is 12.2. The Hall–Kier alpha value is -1.53. The third-order valence-electron chi connectivity index (χ3n) is 2.66. The van der Waals surface area contributed by atoms with Crippen LogP contribution in [-0.2, 0) is 16.1 Å². The van der Waals surface area contributed by atoms with Crippen molar-refractivity contribution in [2.75, 3.05) is 13.7 Å². The maximum absolute atomic E-state index is 12.0. The molecule has 1 aromatic heterocycles. The lowest BCUT2D eigenvalue weighted by molar-refractivity contribution is -0.139. The van der Waals surface area contributed by atoms with Crippen molar-refractivity contribution in [3.63, 3.8) is 0 Å². The standard InChI is InChI=1S/C12H17ClN2O4/c1-3-15-7-8(13)4-10(15)12(18)14-6-9(19-2)5-11(16)17/h4,7,9H,3,5-6H2,1-2H3,(H,14,18)(H,16,17). The van der Waals surface area contributed by atoms with E-state index in [2.05, 4.69) is 5.32 Å². The average Bonchev–Trinajstić information content (AvgIpc) is 2.74. The highest BCUT2D eigenvalue weighted by Gasteiger charge is 2.16. The number of aliphatic carboxylic acids is 1. The maximum Gasteiger partial charge on any atom is 0.306 e. The molecule has 0 bridgehead atoms. The molecule has 106 valence electrons. The fraction of sp³-hybridized carbons (Fsp3) is 0.500. The van der Waals surface area contributed by atoms with E-state index in [0.717, 1.165) is 0 Å². The zero-order valence-electron chi connectivity index (χ0n) is 10.9. The van der Waals surface area contributed by atoms with Gasteiger partial charge in [0.2, 0.25) is 0 Å². The SMILES string of the molecule is CCn1cc(Cl)cc1C(=O)NCC(CC(=O)O)OC. The molecule has 0 spiro atoms. The topological polar surface area (TPSA) is 80.6 Å². The minimum Gasteiger partial charge on any atom is -0.481 e. The molecule has 1 unspecified atom stereocenters. The summed E-state index contributed by atoms with van der Waals surface area (Å²) in [5.41, 5.74) is 0.442. The second kappa shape index (κ2) is 7.16. The van der Waals surface area contributed by atoms with Crippen LogP contribution in [0.1, 0.15) is 23.8 Å². The Bertz CT molecular complexity index is 459. The third-order valence-corrected chi connectivity index (χ3v) is 2.87. The van der Waals surface area contributed by atoms with Crippen molar-refractivity contribution in [1.29, 1.82) is 0 Å². The first-order valence-corrected chi connectivity index (χ1v) is 6.24. The lowest BCUT2D eigenvalue weighted by Gasteiger charge is -2.14. The number of methoxy groups -OCH3 is 1. The molecular weight excluding hydrogens is 272 g/mol. The summed E-state index contributed by atoms with van der Waals surface area (Å²) in [5, 5.41) is 11.8. The Labute approximate surface area is 116 Å². The molecule has 0 radical (unpaired) electrons. The van der Waals surface area contributed by atoms with E-state index in [0.29, 0.717) is 17.3 Å². The Morgan fingerprint density at radius 3 is 2.79 bits per heavy atom. The van der Waals surface area contributed by atoms with Crippen molar-refractivity contribution in [2.45, 2.75) is 26.0 Å². The monoisotopic (exact) mass is 288 g/mol. The molecule has 19 heavy (non-hydrogen) atoms. The molecule has 2 N–H and O–H groups in total. The Kier molecular flexibility index (Phi) is 5.85. The first-order valence-electron chi connectivity index (χ1n) is 5.86. The summed E-state index contributed by atoms with van der Waals surface area (Å²) in [7, 11) is 1.41. The highest BCUT2D eigenvalue weighted by atomic mass is 35.5. The van der Waals surface area contributed by atoms with E-state index < -0.39 is 12.1 Å². The molecule has 1 atom stereocenters. The number of aryl methyl sites for hydroxylation is 1. The lowest BCUT2D eigenvalue weighted by Crippen LogP contribution is -2.35. The van der Waals surface area contributed by atoms with Gasteiger partial charge >= 0.3 is 5.97 Å². The number of aromatic nitrogens is 1. The van der Waals surface area contributed by atoms with E-state index in [1.165, 1.54) is 7.11 Å². The molecule has 6 nitrogen and oxygen atoms in total. The summed E-state index contributed by atoms with van der Waals surface area (Å²) in [4.78, 5) is 22.5. The van der Waals surface area contributed by atoms with Gasteiger partial charge in [0, 0.05) is 26.4 Å². The number of halogens is 1. The molecule has 0 saturated carbocycles. The van der Waals surface area contributed by atoms with Gasteiger partial charge in [0.05, 0.1) is 17.5 Å². The van der Waals surface area contributed by atoms with Gasteiger partial charge in [-0.05, 0) is 13.0 Å². The van der Waals surface area contributed by atoms with Crippen molar-refractivity contribution in [3.05, 3.63) is 23.0 Å². The maximum atomic E-state index is 12.0. The van der Waals surface area contributed by atoms with Crippen LogP contribution in [0.15, 0.2) is 12.3 Å². The Balaban J connectivity index is 2.61. The number of amides is 1. The van der Waals surface area contributed by atoms with E-state index >= 15 is 0 Å². The van der Waals surface area contributed by atoms with Crippen LogP contribution in [0, 0.1) is 0 Å². The Morgan fingerprint density at radius 2 is 2.26 bits per heavy atom. The van der Waals surface area contributed by atoms with Gasteiger partial charge in [-0.2, -0.15) is 0 Å². The predicted molar refractivity (Wildman–Crippen MR) is 70.5 cm³/mol. The lowest BCUT2D eigenvalue weighted by atomic mass is 10.2. The van der Waals surface area contributed by atoms with Gasteiger partial charge in [-0.15, -0.1) is 0 Å². The summed E-state index contributed by atoms with van der Waals surface area (Å²) in [6.45, 7) is 2.65. The van der Waals surface area contributed by atoms with Gasteiger partial charge in [0.25, 0.3) is 5.91 Å². The number of rotatable bonds is 7. The fourth-order valence-corrected chi connectivity index (χ4v) is 1.88. The summed E-state index contributed by atoms with van der Waals surface area (Å²) in [5.74, 6) is -1.28. The number of ether oxygens (including phenoxy) is 1. The van der Waals surface area contributed by atoms with Gasteiger partial charge in [0.1, 0.15) is 5.69 Å². The van der Waals surface area contributed by atoms with Crippen LogP contribution in [0.25, 0.3) is 0 Å². The fourth-order valence-electron chi connectivity index (χ4n) is 1.66. The zero-order valence-corrected chi connectivity index (χ0v) is 11.6. The first-order chi connectivity index (χ1) is 8.97. The highest BCUT2D eigenvalue weighted by molar-refractivity contribution is 6.31. The van der Waals surface area contributed by atoms with Crippen molar-refractivity contribution in [1.82, 2.24) is 9.88 Å². The van der Waals surface area contributed by atoms with Crippen LogP contribution in [0.5, 0.6) is 0 Å². The van der Waals surface area contributed by atoms with Crippen molar-refractivity contribution in [2.24, 2.45) is 0 Å². The van der Waals surface area contributed by atoms with Crippen LogP contribution < -0.4 is 5.32 Å². The van der Waals surface area contributed by atoms with Crippen LogP contribution in [0.3, 0.4) is 0 Å². The number of hydrogen-bond donors (Lipinski definition) is 2. The number of carbonyl (C=O) groups is 2. The minimum atomic E-state index is -0.971. The molecule has 0 aromatic carbocycles. The number of carboxylic acids is 1. The third kappa shape index (κ3) is 4.57. The van der Waals surface area contributed by atoms with Crippen LogP contribution in [-0.4, -0.2) is 41.3 Å². The summed E-state index contributed by atoms with van der Waals surface area (Å²) >= 11 is 5.84. The van der Waals surface area contributed by atoms with Gasteiger partial charge in [-0.3, -0.25) is 9.59 Å². The number of nitrogens with one attached hydrogen (secondary N) is 1. The smallest absolute Gasteiger partial charge is 0.306 e. The molecule has 0 saturated heterocycles. The van der Waals surface area contributed by atoms with Crippen LogP contribution in [0.2, 0.25) is 5.02 Å². The van der Waals surface area contributed by atoms with Crippen LogP contribution >= 0.6 is 11.6 Å². The number of hydrogen-bond acceptors (Lipinski definition) is 3. The molecule has 1 amide bonds. The highest BCUT2D eigenvalue weighted by Crippen LogP contribution is 2.14.